The van der Waals surface area contributed by atoms with Gasteiger partial charge in [0.2, 0.25) is 0 Å². The third-order valence-electron chi connectivity index (χ3n) is 3.42. The highest BCUT2D eigenvalue weighted by Gasteiger charge is 2.14. The van der Waals surface area contributed by atoms with Crippen molar-refractivity contribution in [3.05, 3.63) is 24.2 Å². The van der Waals surface area contributed by atoms with Crippen LogP contribution >= 0.6 is 24.0 Å². The summed E-state index contributed by atoms with van der Waals surface area (Å²) < 4.78 is 16.4. The van der Waals surface area contributed by atoms with E-state index in [0.717, 1.165) is 50.7 Å². The van der Waals surface area contributed by atoms with Gasteiger partial charge in [0.05, 0.1) is 32.1 Å². The zero-order chi connectivity index (χ0) is 15.5. The second-order valence-corrected chi connectivity index (χ2v) is 5.23. The van der Waals surface area contributed by atoms with E-state index in [9.17, 15) is 0 Å². The van der Waals surface area contributed by atoms with Gasteiger partial charge in [-0.2, -0.15) is 0 Å². The lowest BCUT2D eigenvalue weighted by Gasteiger charge is -2.11. The minimum absolute atomic E-state index is 0. The van der Waals surface area contributed by atoms with Crippen LogP contribution in [-0.4, -0.2) is 51.5 Å². The third kappa shape index (κ3) is 8.57. The average molecular weight is 437 g/mol. The summed E-state index contributed by atoms with van der Waals surface area (Å²) in [7, 11) is 0. The molecule has 1 unspecified atom stereocenters. The maximum atomic E-state index is 5.61. The summed E-state index contributed by atoms with van der Waals surface area (Å²) in [5.41, 5.74) is 0. The van der Waals surface area contributed by atoms with Gasteiger partial charge in [0.15, 0.2) is 5.96 Å². The lowest BCUT2D eigenvalue weighted by atomic mass is 10.2. The van der Waals surface area contributed by atoms with E-state index in [1.54, 1.807) is 6.26 Å². The van der Waals surface area contributed by atoms with Gasteiger partial charge in [-0.25, -0.2) is 0 Å². The van der Waals surface area contributed by atoms with Gasteiger partial charge in [0.1, 0.15) is 5.76 Å². The molecule has 0 aliphatic carbocycles. The summed E-state index contributed by atoms with van der Waals surface area (Å²) in [5, 5.41) is 6.51. The fraction of sp³-hybridized carbons (Fsp3) is 0.688. The Morgan fingerprint density at radius 2 is 2.35 bits per heavy atom. The number of hydrogen-bond donors (Lipinski definition) is 2. The predicted molar refractivity (Wildman–Crippen MR) is 102 cm³/mol. The number of nitrogens with one attached hydrogen (secondary N) is 2. The van der Waals surface area contributed by atoms with Crippen LogP contribution in [0.1, 0.15) is 25.5 Å². The molecule has 132 valence electrons. The van der Waals surface area contributed by atoms with Crippen molar-refractivity contribution < 1.29 is 13.9 Å². The summed E-state index contributed by atoms with van der Waals surface area (Å²) in [6.07, 6.45) is 5.08. The molecule has 0 spiro atoms. The molecule has 6 nitrogen and oxygen atoms in total. The van der Waals surface area contributed by atoms with Crippen LogP contribution in [0.3, 0.4) is 0 Å². The van der Waals surface area contributed by atoms with Crippen molar-refractivity contribution in [3.63, 3.8) is 0 Å². The average Bonchev–Trinajstić information content (AvgIpc) is 3.20. The molecule has 2 rings (SSSR count). The summed E-state index contributed by atoms with van der Waals surface area (Å²) in [5.74, 6) is 1.79. The van der Waals surface area contributed by atoms with Gasteiger partial charge in [0.25, 0.3) is 0 Å². The van der Waals surface area contributed by atoms with Gasteiger partial charge in [0, 0.05) is 26.1 Å². The Balaban J connectivity index is 0.00000264. The van der Waals surface area contributed by atoms with E-state index in [2.05, 4.69) is 22.5 Å². The lowest BCUT2D eigenvalue weighted by molar-refractivity contribution is 0.0200. The Bertz CT molecular complexity index is 420. The van der Waals surface area contributed by atoms with Crippen LogP contribution < -0.4 is 10.6 Å². The van der Waals surface area contributed by atoms with Gasteiger partial charge in [-0.1, -0.05) is 0 Å². The first-order valence-electron chi connectivity index (χ1n) is 8.12. The number of halogens is 1. The van der Waals surface area contributed by atoms with E-state index >= 15 is 0 Å². The molecule has 0 bridgehead atoms. The first-order chi connectivity index (χ1) is 10.9. The van der Waals surface area contributed by atoms with Crippen LogP contribution in [0.4, 0.5) is 0 Å². The fourth-order valence-electron chi connectivity index (χ4n) is 2.31. The highest BCUT2D eigenvalue weighted by Crippen LogP contribution is 2.11. The molecular weight excluding hydrogens is 409 g/mol. The maximum absolute atomic E-state index is 5.61. The summed E-state index contributed by atoms with van der Waals surface area (Å²) >= 11 is 0. The number of aliphatic imine (C=N–C) groups is 1. The van der Waals surface area contributed by atoms with Crippen molar-refractivity contribution >= 4 is 29.9 Å². The van der Waals surface area contributed by atoms with Crippen molar-refractivity contribution in [1.29, 1.82) is 0 Å². The van der Waals surface area contributed by atoms with Crippen LogP contribution in [-0.2, 0) is 15.9 Å². The predicted octanol–water partition coefficient (Wildman–Crippen LogP) is 2.19. The normalized spacial score (nSPS) is 17.8. The summed E-state index contributed by atoms with van der Waals surface area (Å²) in [6, 6.07) is 3.88. The van der Waals surface area contributed by atoms with E-state index < -0.39 is 0 Å². The smallest absolute Gasteiger partial charge is 0.191 e. The molecule has 0 amide bonds. The van der Waals surface area contributed by atoms with E-state index in [-0.39, 0.29) is 30.1 Å². The number of guanidine groups is 1. The molecule has 0 saturated carbocycles. The molecule has 2 heterocycles. The molecular formula is C16H28IN3O3. The van der Waals surface area contributed by atoms with Crippen molar-refractivity contribution in [2.45, 2.75) is 32.3 Å². The van der Waals surface area contributed by atoms with E-state index in [4.69, 9.17) is 13.9 Å². The highest BCUT2D eigenvalue weighted by atomic mass is 127. The van der Waals surface area contributed by atoms with E-state index in [0.29, 0.717) is 19.8 Å². The molecule has 1 aromatic heterocycles. The Hall–Kier alpha value is -0.800. The van der Waals surface area contributed by atoms with Gasteiger partial charge >= 0.3 is 0 Å². The topological polar surface area (TPSA) is 68.0 Å². The molecule has 0 radical (unpaired) electrons. The van der Waals surface area contributed by atoms with Gasteiger partial charge in [-0.15, -0.1) is 24.0 Å². The fourth-order valence-corrected chi connectivity index (χ4v) is 2.31. The standard InChI is InChI=1S/C16H27N3O3.HI/c1-2-17-16(18-8-7-14-5-3-10-21-14)19-9-12-20-13-15-6-4-11-22-15;/h3,5,10,15H,2,4,6-9,11-13H2,1H3,(H2,17,18,19);1H. The van der Waals surface area contributed by atoms with Crippen molar-refractivity contribution in [1.82, 2.24) is 10.6 Å². The zero-order valence-corrected chi connectivity index (χ0v) is 16.1. The first-order valence-corrected chi connectivity index (χ1v) is 8.12. The number of hydrogen-bond acceptors (Lipinski definition) is 4. The SMILES string of the molecule is CCNC(=NCCOCC1CCCO1)NCCc1ccco1.I. The summed E-state index contributed by atoms with van der Waals surface area (Å²) in [4.78, 5) is 4.49. The van der Waals surface area contributed by atoms with E-state index in [1.165, 1.54) is 0 Å². The lowest BCUT2D eigenvalue weighted by Crippen LogP contribution is -2.38. The molecule has 1 aliphatic heterocycles. The second kappa shape index (κ2) is 12.6. The first kappa shape index (κ1) is 20.2. The molecule has 7 heteroatoms. The molecule has 2 N–H and O–H groups in total. The minimum atomic E-state index is 0. The maximum Gasteiger partial charge on any atom is 0.191 e. The highest BCUT2D eigenvalue weighted by molar-refractivity contribution is 14.0. The number of ether oxygens (including phenoxy) is 2. The molecule has 1 aliphatic rings. The molecule has 1 saturated heterocycles. The number of furan rings is 1. The monoisotopic (exact) mass is 437 g/mol. The summed E-state index contributed by atoms with van der Waals surface area (Å²) in [6.45, 7) is 6.49. The number of nitrogens with zero attached hydrogens (tertiary/aromatic N) is 1. The molecule has 1 atom stereocenters. The van der Waals surface area contributed by atoms with Gasteiger partial charge in [-0.05, 0) is 31.9 Å². The zero-order valence-electron chi connectivity index (χ0n) is 13.8. The van der Waals surface area contributed by atoms with Crippen LogP contribution in [0.15, 0.2) is 27.8 Å². The Morgan fingerprint density at radius 3 is 3.04 bits per heavy atom. The van der Waals surface area contributed by atoms with Gasteiger partial charge < -0.3 is 24.5 Å². The quantitative estimate of drug-likeness (QED) is 0.268. The van der Waals surface area contributed by atoms with Gasteiger partial charge in [-0.3, -0.25) is 4.99 Å². The molecule has 1 aromatic rings. The van der Waals surface area contributed by atoms with Crippen LogP contribution in [0.2, 0.25) is 0 Å². The van der Waals surface area contributed by atoms with Crippen molar-refractivity contribution in [2.75, 3.05) is 39.5 Å². The third-order valence-corrected chi connectivity index (χ3v) is 3.42. The number of rotatable bonds is 9. The van der Waals surface area contributed by atoms with Crippen molar-refractivity contribution in [3.8, 4) is 0 Å². The Labute approximate surface area is 155 Å². The Kier molecular flexibility index (Phi) is 11.1. The van der Waals surface area contributed by atoms with E-state index in [1.807, 2.05) is 12.1 Å². The van der Waals surface area contributed by atoms with Crippen LogP contribution in [0.25, 0.3) is 0 Å². The Morgan fingerprint density at radius 1 is 1.43 bits per heavy atom. The van der Waals surface area contributed by atoms with Crippen molar-refractivity contribution in [2.24, 2.45) is 4.99 Å². The van der Waals surface area contributed by atoms with Crippen LogP contribution in [0.5, 0.6) is 0 Å². The molecule has 23 heavy (non-hydrogen) atoms. The second-order valence-electron chi connectivity index (χ2n) is 5.23. The van der Waals surface area contributed by atoms with Crippen LogP contribution in [0, 0.1) is 0 Å². The molecule has 0 aromatic carbocycles. The molecule has 1 fully saturated rings. The largest absolute Gasteiger partial charge is 0.469 e. The minimum Gasteiger partial charge on any atom is -0.469 e.